The van der Waals surface area contributed by atoms with Crippen LogP contribution in [0, 0.1) is 5.82 Å². The Morgan fingerprint density at radius 1 is 1.14 bits per heavy atom. The van der Waals surface area contributed by atoms with Crippen molar-refractivity contribution in [2.45, 2.75) is 50.8 Å². The summed E-state index contributed by atoms with van der Waals surface area (Å²) in [6, 6.07) is 16.3. The molecule has 2 aliphatic rings. The zero-order chi connectivity index (χ0) is 30.3. The van der Waals surface area contributed by atoms with Gasteiger partial charge in [-0.15, -0.1) is 0 Å². The number of hydrogen-bond donors (Lipinski definition) is 1. The first kappa shape index (κ1) is 29.8. The third-order valence-corrected chi connectivity index (χ3v) is 8.79. The molecule has 228 valence electrons. The molecule has 0 spiro atoms. The molecule has 0 bridgehead atoms. The number of aromatic nitrogens is 2. The first-order valence-corrected chi connectivity index (χ1v) is 15.1. The fraction of sp³-hybridized carbons (Fsp3) is 0.424. The Morgan fingerprint density at radius 2 is 1.93 bits per heavy atom. The van der Waals surface area contributed by atoms with Crippen LogP contribution in [0.3, 0.4) is 0 Å². The van der Waals surface area contributed by atoms with Gasteiger partial charge in [-0.1, -0.05) is 29.8 Å². The summed E-state index contributed by atoms with van der Waals surface area (Å²) in [6.07, 6.45) is 0.933. The van der Waals surface area contributed by atoms with Crippen LogP contribution in [0.2, 0.25) is 5.02 Å². The van der Waals surface area contributed by atoms with Gasteiger partial charge in [-0.05, 0) is 82.3 Å². The highest BCUT2D eigenvalue weighted by molar-refractivity contribution is 6.30. The SMILES string of the molecule is COC(O)c1ccc2nc(CN3CCC(c4cccc5c4OC(C)(c4ccc(Cl)cc4F)O5)CC3)n(CCN(C)C)c2c1. The molecule has 1 fully saturated rings. The number of aliphatic hydroxyl groups excluding tert-OH is 1. The molecule has 1 aromatic heterocycles. The number of likely N-dealkylation sites (N-methyl/N-ethyl adjacent to an activating group) is 1. The summed E-state index contributed by atoms with van der Waals surface area (Å²) >= 11 is 5.98. The molecular formula is C33H38ClFN4O4. The molecular weight excluding hydrogens is 571 g/mol. The van der Waals surface area contributed by atoms with Crippen LogP contribution in [0.15, 0.2) is 54.6 Å². The van der Waals surface area contributed by atoms with Crippen LogP contribution in [0.4, 0.5) is 4.39 Å². The van der Waals surface area contributed by atoms with Crippen molar-refractivity contribution in [1.82, 2.24) is 19.4 Å². The number of halogens is 2. The molecule has 2 atom stereocenters. The summed E-state index contributed by atoms with van der Waals surface area (Å²) < 4.78 is 34.8. The molecule has 3 heterocycles. The Balaban J connectivity index is 1.18. The molecule has 3 aromatic carbocycles. The van der Waals surface area contributed by atoms with E-state index in [9.17, 15) is 9.50 Å². The van der Waals surface area contributed by atoms with Crippen LogP contribution in [-0.2, 0) is 23.6 Å². The molecule has 0 amide bonds. The number of para-hydroxylation sites is 1. The van der Waals surface area contributed by atoms with E-state index in [-0.39, 0.29) is 5.92 Å². The van der Waals surface area contributed by atoms with Gasteiger partial charge in [0, 0.05) is 43.3 Å². The van der Waals surface area contributed by atoms with E-state index in [2.05, 4.69) is 34.5 Å². The summed E-state index contributed by atoms with van der Waals surface area (Å²) in [4.78, 5) is 9.60. The first-order valence-electron chi connectivity index (χ1n) is 14.7. The average molecular weight is 609 g/mol. The number of fused-ring (bicyclic) bond motifs is 2. The Labute approximate surface area is 256 Å². The highest BCUT2D eigenvalue weighted by Crippen LogP contribution is 2.49. The Bertz CT molecular complexity index is 1620. The van der Waals surface area contributed by atoms with Gasteiger partial charge in [0.15, 0.2) is 17.8 Å². The van der Waals surface area contributed by atoms with Gasteiger partial charge in [0.25, 0.3) is 5.79 Å². The maximum Gasteiger partial charge on any atom is 0.278 e. The highest BCUT2D eigenvalue weighted by Gasteiger charge is 2.43. The lowest BCUT2D eigenvalue weighted by molar-refractivity contribution is -0.0768. The predicted octanol–water partition coefficient (Wildman–Crippen LogP) is 6.05. The lowest BCUT2D eigenvalue weighted by Crippen LogP contribution is -2.34. The van der Waals surface area contributed by atoms with Crippen LogP contribution in [0.1, 0.15) is 54.5 Å². The van der Waals surface area contributed by atoms with E-state index in [4.69, 9.17) is 30.8 Å². The maximum absolute atomic E-state index is 14.8. The summed E-state index contributed by atoms with van der Waals surface area (Å²) in [5.74, 6) is 0.899. The second-order valence-electron chi connectivity index (χ2n) is 11.8. The van der Waals surface area contributed by atoms with E-state index in [1.807, 2.05) is 30.3 Å². The zero-order valence-electron chi connectivity index (χ0n) is 25.0. The lowest BCUT2D eigenvalue weighted by atomic mass is 9.88. The minimum atomic E-state index is -1.27. The quantitative estimate of drug-likeness (QED) is 0.232. The molecule has 43 heavy (non-hydrogen) atoms. The monoisotopic (exact) mass is 608 g/mol. The summed E-state index contributed by atoms with van der Waals surface area (Å²) in [5, 5.41) is 10.6. The number of piperidine rings is 1. The normalized spacial score (nSPS) is 19.9. The van der Waals surface area contributed by atoms with Crippen molar-refractivity contribution < 1.29 is 23.7 Å². The van der Waals surface area contributed by atoms with Crippen molar-refractivity contribution in [3.05, 3.63) is 88.0 Å². The van der Waals surface area contributed by atoms with E-state index < -0.39 is 17.9 Å². The minimum absolute atomic E-state index is 0.290. The van der Waals surface area contributed by atoms with Gasteiger partial charge < -0.3 is 28.8 Å². The van der Waals surface area contributed by atoms with E-state index in [0.717, 1.165) is 68.0 Å². The van der Waals surface area contributed by atoms with Gasteiger partial charge in [0.2, 0.25) is 0 Å². The Kier molecular flexibility index (Phi) is 8.37. The third-order valence-electron chi connectivity index (χ3n) is 8.55. The molecule has 0 saturated carbocycles. The number of hydrogen-bond acceptors (Lipinski definition) is 7. The van der Waals surface area contributed by atoms with E-state index >= 15 is 0 Å². The summed E-state index contributed by atoms with van der Waals surface area (Å²) in [5.41, 5.74) is 4.03. The molecule has 1 saturated heterocycles. The number of nitrogens with zero attached hydrogens (tertiary/aromatic N) is 4. The smallest absolute Gasteiger partial charge is 0.278 e. The van der Waals surface area contributed by atoms with Crippen LogP contribution >= 0.6 is 11.6 Å². The lowest BCUT2D eigenvalue weighted by Gasteiger charge is -2.32. The topological polar surface area (TPSA) is 72.2 Å². The predicted molar refractivity (Wildman–Crippen MR) is 164 cm³/mol. The van der Waals surface area contributed by atoms with Crippen LogP contribution in [-0.4, -0.2) is 65.3 Å². The number of imidazole rings is 1. The van der Waals surface area contributed by atoms with Gasteiger partial charge in [-0.25, -0.2) is 9.37 Å². The van der Waals surface area contributed by atoms with Gasteiger partial charge in [-0.3, -0.25) is 4.90 Å². The molecule has 1 N–H and O–H groups in total. The van der Waals surface area contributed by atoms with Gasteiger partial charge in [-0.2, -0.15) is 0 Å². The number of methoxy groups -OCH3 is 1. The van der Waals surface area contributed by atoms with E-state index in [1.54, 1.807) is 19.1 Å². The van der Waals surface area contributed by atoms with Crippen molar-refractivity contribution in [3.63, 3.8) is 0 Å². The summed E-state index contributed by atoms with van der Waals surface area (Å²) in [7, 11) is 5.62. The average Bonchev–Trinajstić information content (AvgIpc) is 3.52. The molecule has 4 aromatic rings. The minimum Gasteiger partial charge on any atom is -0.444 e. The number of likely N-dealkylation sites (tertiary alicyclic amines) is 1. The van der Waals surface area contributed by atoms with E-state index in [1.165, 1.54) is 13.2 Å². The van der Waals surface area contributed by atoms with Crippen molar-refractivity contribution in [2.24, 2.45) is 0 Å². The van der Waals surface area contributed by atoms with Gasteiger partial charge >= 0.3 is 0 Å². The molecule has 8 nitrogen and oxygen atoms in total. The number of ether oxygens (including phenoxy) is 3. The molecule has 0 aliphatic carbocycles. The van der Waals surface area contributed by atoms with Gasteiger partial charge in [0.1, 0.15) is 11.6 Å². The van der Waals surface area contributed by atoms with Gasteiger partial charge in [0.05, 0.1) is 23.1 Å². The molecule has 2 unspecified atom stereocenters. The largest absolute Gasteiger partial charge is 0.444 e. The fourth-order valence-electron chi connectivity index (χ4n) is 6.19. The Hall–Kier alpha value is -3.21. The molecule has 0 radical (unpaired) electrons. The van der Waals surface area contributed by atoms with Crippen LogP contribution < -0.4 is 9.47 Å². The third kappa shape index (κ3) is 5.97. The van der Waals surface area contributed by atoms with Crippen molar-refractivity contribution in [3.8, 4) is 11.5 Å². The fourth-order valence-corrected chi connectivity index (χ4v) is 6.35. The van der Waals surface area contributed by atoms with Crippen molar-refractivity contribution >= 4 is 22.6 Å². The van der Waals surface area contributed by atoms with E-state index in [0.29, 0.717) is 27.6 Å². The van der Waals surface area contributed by atoms with Crippen LogP contribution in [0.5, 0.6) is 11.5 Å². The highest BCUT2D eigenvalue weighted by atomic mass is 35.5. The second-order valence-corrected chi connectivity index (χ2v) is 12.3. The zero-order valence-corrected chi connectivity index (χ0v) is 25.8. The molecule has 6 rings (SSSR count). The Morgan fingerprint density at radius 3 is 2.65 bits per heavy atom. The number of aliphatic hydroxyl groups is 1. The standard InChI is InChI=1S/C33H38ClFN4O4/c1-33(25-10-9-23(34)19-26(25)35)42-29-7-5-6-24(31(29)43-33)21-12-14-38(15-13-21)20-30-36-27-11-8-22(32(40)41-4)18-28(27)39(30)17-16-37(2)3/h5-11,18-19,21,32,40H,12-17,20H2,1-4H3. The molecule has 2 aliphatic heterocycles. The van der Waals surface area contributed by atoms with Crippen LogP contribution in [0.25, 0.3) is 11.0 Å². The second kappa shape index (κ2) is 12.1. The number of benzene rings is 3. The summed E-state index contributed by atoms with van der Waals surface area (Å²) in [6.45, 7) is 5.95. The molecule has 10 heteroatoms. The first-order chi connectivity index (χ1) is 20.6. The van der Waals surface area contributed by atoms with Crippen molar-refractivity contribution in [2.75, 3.05) is 40.8 Å². The maximum atomic E-state index is 14.8. The number of rotatable bonds is 9. The van der Waals surface area contributed by atoms with Crippen molar-refractivity contribution in [1.29, 1.82) is 0 Å².